The van der Waals surface area contributed by atoms with Crippen molar-refractivity contribution in [3.63, 3.8) is 0 Å². The van der Waals surface area contributed by atoms with Crippen molar-refractivity contribution in [3.8, 4) is 5.75 Å². The first-order valence-corrected chi connectivity index (χ1v) is 9.90. The van der Waals surface area contributed by atoms with Crippen LogP contribution < -0.4 is 0 Å². The third-order valence-corrected chi connectivity index (χ3v) is 8.27. The van der Waals surface area contributed by atoms with Gasteiger partial charge in [0.2, 0.25) is 0 Å². The Labute approximate surface area is 144 Å². The molecular formula is C22H28O2. The van der Waals surface area contributed by atoms with Gasteiger partial charge >= 0.3 is 0 Å². The lowest BCUT2D eigenvalue weighted by Crippen LogP contribution is -2.43. The van der Waals surface area contributed by atoms with Gasteiger partial charge in [-0.15, -0.1) is 0 Å². The van der Waals surface area contributed by atoms with E-state index in [1.54, 1.807) is 0 Å². The maximum atomic E-state index is 13.4. The highest BCUT2D eigenvalue weighted by Gasteiger charge is 2.63. The largest absolute Gasteiger partial charge is 0.508 e. The number of hydrogen-bond acceptors (Lipinski definition) is 2. The van der Waals surface area contributed by atoms with Gasteiger partial charge in [-0.25, -0.2) is 0 Å². The van der Waals surface area contributed by atoms with Gasteiger partial charge in [0, 0.05) is 10.8 Å². The Kier molecular flexibility index (Phi) is 3.04. The van der Waals surface area contributed by atoms with Gasteiger partial charge in [-0.2, -0.15) is 0 Å². The number of carbonyl (C=O) groups is 1. The maximum absolute atomic E-state index is 13.4. The molecule has 2 nitrogen and oxygen atoms in total. The molecule has 128 valence electrons. The summed E-state index contributed by atoms with van der Waals surface area (Å²) >= 11 is 0. The van der Waals surface area contributed by atoms with Crippen molar-refractivity contribution in [1.29, 1.82) is 0 Å². The van der Waals surface area contributed by atoms with E-state index in [-0.39, 0.29) is 10.8 Å². The van der Waals surface area contributed by atoms with E-state index in [0.29, 0.717) is 29.3 Å². The zero-order chi connectivity index (χ0) is 16.5. The Hall–Kier alpha value is -1.31. The normalized spacial score (nSPS) is 39.5. The number of hydrogen-bond donors (Lipinski definition) is 1. The maximum Gasteiger partial charge on any atom is 0.145 e. The minimum atomic E-state index is -0.0556. The summed E-state index contributed by atoms with van der Waals surface area (Å²) in [6, 6.07) is 5.98. The van der Waals surface area contributed by atoms with Crippen LogP contribution in [0, 0.1) is 22.7 Å². The zero-order valence-corrected chi connectivity index (χ0v) is 14.7. The molecule has 2 heteroatoms. The number of phenols is 1. The lowest BCUT2D eigenvalue weighted by Gasteiger charge is -2.48. The quantitative estimate of drug-likeness (QED) is 0.730. The molecule has 0 aliphatic heterocycles. The van der Waals surface area contributed by atoms with Crippen molar-refractivity contribution in [3.05, 3.63) is 29.3 Å². The van der Waals surface area contributed by atoms with Crippen LogP contribution in [0.2, 0.25) is 0 Å². The molecule has 1 N–H and O–H groups in total. The molecule has 0 bridgehead atoms. The highest BCUT2D eigenvalue weighted by atomic mass is 16.3. The summed E-state index contributed by atoms with van der Waals surface area (Å²) in [6.07, 6.45) is 10.5. The van der Waals surface area contributed by atoms with Crippen LogP contribution in [0.25, 0.3) is 0 Å². The van der Waals surface area contributed by atoms with Gasteiger partial charge in [0.25, 0.3) is 0 Å². The summed E-state index contributed by atoms with van der Waals surface area (Å²) in [5, 5.41) is 9.80. The molecule has 4 aliphatic carbocycles. The first-order valence-electron chi connectivity index (χ1n) is 9.90. The minimum Gasteiger partial charge on any atom is -0.508 e. The number of phenolic OH excluding ortho intramolecular Hbond substituents is 1. The average molecular weight is 324 g/mol. The zero-order valence-electron chi connectivity index (χ0n) is 14.7. The second-order valence-corrected chi connectivity index (χ2v) is 9.28. The fourth-order valence-electron chi connectivity index (χ4n) is 7.15. The number of fused-ring (bicyclic) bond motifs is 5. The van der Waals surface area contributed by atoms with Crippen molar-refractivity contribution in [2.45, 2.75) is 70.6 Å². The van der Waals surface area contributed by atoms with Crippen molar-refractivity contribution in [1.82, 2.24) is 0 Å². The summed E-state index contributed by atoms with van der Waals surface area (Å²) in [5.41, 5.74) is 2.80. The Balaban J connectivity index is 1.53. The van der Waals surface area contributed by atoms with E-state index in [4.69, 9.17) is 0 Å². The summed E-state index contributed by atoms with van der Waals surface area (Å²) in [4.78, 5) is 13.4. The number of aryl methyl sites for hydroxylation is 1. The number of Topliss-reactive ketones (excluding diaryl/α,β-unsaturated/α-hetero) is 1. The highest BCUT2D eigenvalue weighted by molar-refractivity contribution is 5.93. The van der Waals surface area contributed by atoms with Crippen LogP contribution in [0.3, 0.4) is 0 Å². The van der Waals surface area contributed by atoms with E-state index < -0.39 is 0 Å². The summed E-state index contributed by atoms with van der Waals surface area (Å²) < 4.78 is 0. The molecular weight excluding hydrogens is 296 g/mol. The summed E-state index contributed by atoms with van der Waals surface area (Å²) in [6.45, 7) is 2.30. The van der Waals surface area contributed by atoms with Gasteiger partial charge in [-0.3, -0.25) is 4.79 Å². The lowest BCUT2D eigenvalue weighted by atomic mass is 9.55. The van der Waals surface area contributed by atoms with Crippen LogP contribution in [-0.4, -0.2) is 10.9 Å². The topological polar surface area (TPSA) is 37.3 Å². The predicted octanol–water partition coefficient (Wildman–Crippen LogP) is 4.99. The fraction of sp³-hybridized carbons (Fsp3) is 0.682. The van der Waals surface area contributed by atoms with E-state index in [2.05, 4.69) is 13.0 Å². The second-order valence-electron chi connectivity index (χ2n) is 9.28. The number of benzene rings is 1. The van der Waals surface area contributed by atoms with Crippen LogP contribution in [0.4, 0.5) is 0 Å². The Morgan fingerprint density at radius 1 is 1.12 bits per heavy atom. The molecule has 0 amide bonds. The first kappa shape index (κ1) is 15.0. The third-order valence-electron chi connectivity index (χ3n) is 8.27. The van der Waals surface area contributed by atoms with Gasteiger partial charge in [0.05, 0.1) is 0 Å². The molecule has 0 heterocycles. The fourth-order valence-corrected chi connectivity index (χ4v) is 7.15. The molecule has 0 unspecified atom stereocenters. The van der Waals surface area contributed by atoms with E-state index >= 15 is 0 Å². The Morgan fingerprint density at radius 3 is 2.71 bits per heavy atom. The molecule has 3 saturated carbocycles. The number of ketones is 1. The molecule has 1 aromatic carbocycles. The molecule has 0 radical (unpaired) electrons. The smallest absolute Gasteiger partial charge is 0.145 e. The number of aromatic hydroxyl groups is 1. The molecule has 5 rings (SSSR count). The molecule has 3 fully saturated rings. The molecule has 0 aromatic heterocycles. The van der Waals surface area contributed by atoms with Gasteiger partial charge in [-0.05, 0) is 86.0 Å². The van der Waals surface area contributed by atoms with E-state index in [9.17, 15) is 9.90 Å². The van der Waals surface area contributed by atoms with Crippen LogP contribution in [0.5, 0.6) is 5.75 Å². The molecule has 1 aromatic rings. The van der Waals surface area contributed by atoms with Crippen LogP contribution in [0.15, 0.2) is 18.2 Å². The summed E-state index contributed by atoms with van der Waals surface area (Å²) in [5.74, 6) is 2.89. The number of rotatable bonds is 0. The van der Waals surface area contributed by atoms with Gasteiger partial charge < -0.3 is 5.11 Å². The van der Waals surface area contributed by atoms with Crippen LogP contribution in [0.1, 0.15) is 75.3 Å². The first-order chi connectivity index (χ1) is 11.5. The van der Waals surface area contributed by atoms with Crippen molar-refractivity contribution >= 4 is 5.78 Å². The Morgan fingerprint density at radius 2 is 1.92 bits per heavy atom. The Bertz CT molecular complexity index is 700. The molecule has 0 saturated heterocycles. The monoisotopic (exact) mass is 324 g/mol. The molecule has 4 aliphatic rings. The van der Waals surface area contributed by atoms with Crippen LogP contribution in [-0.2, 0) is 11.2 Å². The third kappa shape index (κ3) is 1.80. The lowest BCUT2D eigenvalue weighted by molar-refractivity contribution is -0.135. The van der Waals surface area contributed by atoms with Crippen molar-refractivity contribution in [2.24, 2.45) is 22.7 Å². The van der Waals surface area contributed by atoms with Gasteiger partial charge in [0.15, 0.2) is 0 Å². The summed E-state index contributed by atoms with van der Waals surface area (Å²) in [7, 11) is 0. The average Bonchev–Trinajstić information content (AvgIpc) is 3.13. The number of carbonyl (C=O) groups excluding carboxylic acids is 1. The predicted molar refractivity (Wildman–Crippen MR) is 94.0 cm³/mol. The molecule has 1 spiro atoms. The van der Waals surface area contributed by atoms with E-state index in [0.717, 1.165) is 38.5 Å². The van der Waals surface area contributed by atoms with Gasteiger partial charge in [-0.1, -0.05) is 25.8 Å². The SMILES string of the molecule is C[C@]12CC[C@@H]3c4ccc(O)cc4CC[C@H]3[C@@H]1CC1(CCCC1)C2=O. The second kappa shape index (κ2) is 4.86. The molecule has 24 heavy (non-hydrogen) atoms. The van der Waals surface area contributed by atoms with E-state index in [1.807, 2.05) is 12.1 Å². The van der Waals surface area contributed by atoms with Gasteiger partial charge in [0.1, 0.15) is 11.5 Å². The van der Waals surface area contributed by atoms with Crippen LogP contribution >= 0.6 is 0 Å². The standard InChI is InChI=1S/C22H28O2/c1-21-11-8-17-16-7-5-15(23)12-14(16)4-6-18(17)19(21)13-22(20(21)24)9-2-3-10-22/h5,7,12,17-19,23H,2-4,6,8-11,13H2,1H3/t17-,18-,19+,21+/m1/s1. The van der Waals surface area contributed by atoms with Crippen molar-refractivity contribution < 1.29 is 9.90 Å². The molecule has 4 atom stereocenters. The minimum absolute atomic E-state index is 0.0452. The highest BCUT2D eigenvalue weighted by Crippen LogP contribution is 2.66. The van der Waals surface area contributed by atoms with Crippen molar-refractivity contribution in [2.75, 3.05) is 0 Å². The van der Waals surface area contributed by atoms with E-state index in [1.165, 1.54) is 30.4 Å².